The van der Waals surface area contributed by atoms with Crippen molar-refractivity contribution in [2.75, 3.05) is 50.6 Å². The first kappa shape index (κ1) is 18.6. The molecule has 8 nitrogen and oxygen atoms in total. The number of aromatic nitrogens is 2. The molecule has 0 unspecified atom stereocenters. The molecule has 0 bridgehead atoms. The van der Waals surface area contributed by atoms with Crippen molar-refractivity contribution in [1.29, 1.82) is 0 Å². The number of anilines is 3. The Morgan fingerprint density at radius 2 is 1.79 bits per heavy atom. The van der Waals surface area contributed by atoms with Crippen LogP contribution in [-0.2, 0) is 9.47 Å². The van der Waals surface area contributed by atoms with Crippen LogP contribution in [-0.4, -0.2) is 67.0 Å². The van der Waals surface area contributed by atoms with Gasteiger partial charge in [0.1, 0.15) is 17.8 Å². The van der Waals surface area contributed by atoms with E-state index in [1.54, 1.807) is 11.0 Å². The third-order valence-corrected chi connectivity index (χ3v) is 5.17. The zero-order valence-corrected chi connectivity index (χ0v) is 16.2. The van der Waals surface area contributed by atoms with Crippen molar-refractivity contribution in [3.8, 4) is 0 Å². The first-order valence-corrected chi connectivity index (χ1v) is 9.48. The number of ether oxygens (including phenoxy) is 2. The van der Waals surface area contributed by atoms with E-state index in [2.05, 4.69) is 15.3 Å². The van der Waals surface area contributed by atoms with E-state index in [-0.39, 0.29) is 5.91 Å². The van der Waals surface area contributed by atoms with Crippen molar-refractivity contribution in [1.82, 2.24) is 14.9 Å². The zero-order chi connectivity index (χ0) is 19.6. The molecule has 2 aromatic rings. The molecule has 1 aromatic carbocycles. The summed E-state index contributed by atoms with van der Waals surface area (Å²) in [6, 6.07) is 9.68. The summed E-state index contributed by atoms with van der Waals surface area (Å²) in [5.74, 6) is 0.00148. The molecule has 0 atom stereocenters. The minimum absolute atomic E-state index is 0.0961. The van der Waals surface area contributed by atoms with Crippen molar-refractivity contribution in [3.05, 3.63) is 42.4 Å². The lowest BCUT2D eigenvalue weighted by Gasteiger charge is -2.37. The predicted molar refractivity (Wildman–Crippen MR) is 106 cm³/mol. The van der Waals surface area contributed by atoms with Gasteiger partial charge in [-0.2, -0.15) is 0 Å². The van der Waals surface area contributed by atoms with Gasteiger partial charge in [0.25, 0.3) is 5.91 Å². The van der Waals surface area contributed by atoms with Gasteiger partial charge in [0, 0.05) is 57.5 Å². The van der Waals surface area contributed by atoms with Gasteiger partial charge in [0.15, 0.2) is 5.79 Å². The van der Waals surface area contributed by atoms with E-state index in [0.29, 0.717) is 50.7 Å². The van der Waals surface area contributed by atoms with Crippen LogP contribution in [0, 0.1) is 0 Å². The van der Waals surface area contributed by atoms with Gasteiger partial charge in [-0.05, 0) is 24.3 Å². The summed E-state index contributed by atoms with van der Waals surface area (Å²) < 4.78 is 11.4. The molecule has 2 aliphatic rings. The number of piperidine rings is 1. The number of carbonyl (C=O) groups is 1. The molecule has 4 rings (SSSR count). The third-order valence-electron chi connectivity index (χ3n) is 5.17. The Morgan fingerprint density at radius 1 is 1.11 bits per heavy atom. The molecule has 3 heterocycles. The Labute approximate surface area is 164 Å². The fourth-order valence-electron chi connectivity index (χ4n) is 3.53. The molecule has 1 aromatic heterocycles. The van der Waals surface area contributed by atoms with E-state index >= 15 is 0 Å². The summed E-state index contributed by atoms with van der Waals surface area (Å²) in [5.41, 5.74) is 2.40. The average Bonchev–Trinajstić information content (AvgIpc) is 3.16. The topological polar surface area (TPSA) is 79.8 Å². The normalized spacial score (nSPS) is 18.3. The molecule has 0 aliphatic carbocycles. The summed E-state index contributed by atoms with van der Waals surface area (Å²) in [5, 5.41) is 3.23. The molecular weight excluding hydrogens is 358 g/mol. The maximum atomic E-state index is 12.8. The Balaban J connectivity index is 1.41. The largest absolute Gasteiger partial charge is 0.378 e. The summed E-state index contributed by atoms with van der Waals surface area (Å²) in [4.78, 5) is 25.1. The average molecular weight is 383 g/mol. The highest BCUT2D eigenvalue weighted by molar-refractivity contribution is 5.93. The van der Waals surface area contributed by atoms with Gasteiger partial charge in [0.05, 0.1) is 13.2 Å². The summed E-state index contributed by atoms with van der Waals surface area (Å²) in [6.07, 6.45) is 2.79. The minimum atomic E-state index is -0.492. The van der Waals surface area contributed by atoms with Gasteiger partial charge in [-0.1, -0.05) is 0 Å². The fraction of sp³-hybridized carbons (Fsp3) is 0.450. The second kappa shape index (κ2) is 7.73. The first-order valence-electron chi connectivity index (χ1n) is 9.48. The quantitative estimate of drug-likeness (QED) is 0.867. The Hall–Kier alpha value is -2.71. The Kier molecular flexibility index (Phi) is 5.15. The predicted octanol–water partition coefficient (Wildman–Crippen LogP) is 2.27. The molecule has 8 heteroatoms. The van der Waals surface area contributed by atoms with Gasteiger partial charge >= 0.3 is 0 Å². The van der Waals surface area contributed by atoms with Crippen LogP contribution in [0.2, 0.25) is 0 Å². The molecule has 1 amide bonds. The van der Waals surface area contributed by atoms with Crippen molar-refractivity contribution in [2.24, 2.45) is 0 Å². The van der Waals surface area contributed by atoms with Gasteiger partial charge in [-0.3, -0.25) is 4.79 Å². The van der Waals surface area contributed by atoms with E-state index in [9.17, 15) is 4.79 Å². The summed E-state index contributed by atoms with van der Waals surface area (Å²) in [6.45, 7) is 2.45. The lowest BCUT2D eigenvalue weighted by Crippen LogP contribution is -2.47. The zero-order valence-electron chi connectivity index (χ0n) is 16.2. The van der Waals surface area contributed by atoms with Crippen molar-refractivity contribution in [2.45, 2.75) is 18.6 Å². The number of hydrogen-bond acceptors (Lipinski definition) is 7. The third kappa shape index (κ3) is 3.93. The Bertz CT molecular complexity index is 824. The fourth-order valence-corrected chi connectivity index (χ4v) is 3.53. The van der Waals surface area contributed by atoms with E-state index < -0.39 is 5.79 Å². The number of rotatable bonds is 4. The molecule has 148 valence electrons. The number of benzene rings is 1. The number of carbonyl (C=O) groups excluding carboxylic acids is 1. The van der Waals surface area contributed by atoms with Gasteiger partial charge < -0.3 is 24.6 Å². The molecule has 0 saturated carbocycles. The molecule has 1 N–H and O–H groups in total. The van der Waals surface area contributed by atoms with Crippen LogP contribution in [0.3, 0.4) is 0 Å². The second-order valence-electron chi connectivity index (χ2n) is 7.25. The van der Waals surface area contributed by atoms with E-state index in [0.717, 1.165) is 11.4 Å². The van der Waals surface area contributed by atoms with Crippen LogP contribution in [0.4, 0.5) is 17.2 Å². The highest BCUT2D eigenvalue weighted by atomic mass is 16.7. The molecule has 0 radical (unpaired) electrons. The minimum Gasteiger partial charge on any atom is -0.378 e. The van der Waals surface area contributed by atoms with E-state index in [4.69, 9.17) is 9.47 Å². The van der Waals surface area contributed by atoms with Crippen molar-refractivity contribution >= 4 is 23.1 Å². The molecule has 28 heavy (non-hydrogen) atoms. The molecule has 2 aliphatic heterocycles. The molecule has 1 spiro atoms. The van der Waals surface area contributed by atoms with Gasteiger partial charge in [-0.15, -0.1) is 0 Å². The van der Waals surface area contributed by atoms with E-state index in [1.165, 1.54) is 6.33 Å². The maximum absolute atomic E-state index is 12.8. The van der Waals surface area contributed by atoms with Crippen LogP contribution in [0.15, 0.2) is 36.7 Å². The van der Waals surface area contributed by atoms with E-state index in [1.807, 2.05) is 43.3 Å². The summed E-state index contributed by atoms with van der Waals surface area (Å²) in [7, 11) is 4.00. The number of nitrogens with one attached hydrogen (secondary N) is 1. The molecule has 2 saturated heterocycles. The maximum Gasteiger partial charge on any atom is 0.272 e. The van der Waals surface area contributed by atoms with Gasteiger partial charge in [0.2, 0.25) is 0 Å². The second-order valence-corrected chi connectivity index (χ2v) is 7.25. The smallest absolute Gasteiger partial charge is 0.272 e. The number of likely N-dealkylation sites (tertiary alicyclic amines) is 1. The SMILES string of the molecule is CN(C)c1ccc(Nc2cc(C(=O)N3CCC4(CC3)OCCO4)ncn2)cc1. The van der Waals surface area contributed by atoms with Crippen molar-refractivity contribution < 1.29 is 14.3 Å². The highest BCUT2D eigenvalue weighted by Gasteiger charge is 2.41. The van der Waals surface area contributed by atoms with Gasteiger partial charge in [-0.25, -0.2) is 9.97 Å². The molecular formula is C20H25N5O3. The summed E-state index contributed by atoms with van der Waals surface area (Å²) >= 11 is 0. The van der Waals surface area contributed by atoms with Crippen molar-refractivity contribution in [3.63, 3.8) is 0 Å². The highest BCUT2D eigenvalue weighted by Crippen LogP contribution is 2.31. The van der Waals surface area contributed by atoms with Crippen LogP contribution in [0.5, 0.6) is 0 Å². The number of amides is 1. The standard InChI is InChI=1S/C20H25N5O3/c1-24(2)16-5-3-15(4-6-16)23-18-13-17(21-14-22-18)19(26)25-9-7-20(8-10-25)27-11-12-28-20/h3-6,13-14H,7-12H2,1-2H3,(H,21,22,23). The molecule has 2 fully saturated rings. The van der Waals surface area contributed by atoms with Crippen LogP contribution >= 0.6 is 0 Å². The lowest BCUT2D eigenvalue weighted by atomic mass is 10.0. The number of nitrogens with zero attached hydrogens (tertiary/aromatic N) is 4. The van der Waals surface area contributed by atoms with Crippen LogP contribution < -0.4 is 10.2 Å². The Morgan fingerprint density at radius 3 is 2.43 bits per heavy atom. The monoisotopic (exact) mass is 383 g/mol. The lowest BCUT2D eigenvalue weighted by molar-refractivity contribution is -0.181. The van der Waals surface area contributed by atoms with Crippen LogP contribution in [0.25, 0.3) is 0 Å². The van der Waals surface area contributed by atoms with Crippen LogP contribution in [0.1, 0.15) is 23.3 Å². The first-order chi connectivity index (χ1) is 13.5. The number of hydrogen-bond donors (Lipinski definition) is 1.